The first-order valence-corrected chi connectivity index (χ1v) is 18.2. The van der Waals surface area contributed by atoms with Crippen molar-refractivity contribution in [3.8, 4) is 0 Å². The van der Waals surface area contributed by atoms with Crippen molar-refractivity contribution in [2.75, 3.05) is 12.5 Å². The van der Waals surface area contributed by atoms with Crippen LogP contribution in [0.1, 0.15) is 52.8 Å². The second-order valence-corrected chi connectivity index (χ2v) is 18.3. The van der Waals surface area contributed by atoms with Crippen LogP contribution in [-0.2, 0) is 4.74 Å². The summed E-state index contributed by atoms with van der Waals surface area (Å²) in [7, 11) is 1.73. The van der Waals surface area contributed by atoms with E-state index in [1.165, 1.54) is 36.8 Å². The van der Waals surface area contributed by atoms with E-state index in [1.807, 2.05) is 0 Å². The fraction of sp³-hybridized carbons (Fsp3) is 0.450. The van der Waals surface area contributed by atoms with Crippen LogP contribution < -0.4 is 31.8 Å². The molecule has 0 spiro atoms. The number of ether oxygens (including phenoxy) is 1. The van der Waals surface area contributed by atoms with Gasteiger partial charge in [0.2, 0.25) is 0 Å². The molecule has 1 aromatic rings. The summed E-state index contributed by atoms with van der Waals surface area (Å²) >= 11 is 7.54. The van der Waals surface area contributed by atoms with Crippen LogP contribution >= 0.6 is 74.0 Å². The number of alkyl halides is 1. The van der Waals surface area contributed by atoms with Crippen molar-refractivity contribution in [3.05, 3.63) is 45.8 Å². The molecule has 1 aliphatic heterocycles. The van der Waals surface area contributed by atoms with E-state index < -0.39 is 0 Å². The average Bonchev–Trinajstić information content (AvgIpc) is 3.52. The molecule has 0 aromatic heterocycles. The van der Waals surface area contributed by atoms with Crippen LogP contribution in [0.5, 0.6) is 0 Å². The van der Waals surface area contributed by atoms with E-state index in [1.54, 1.807) is 7.11 Å². The molecule has 158 valence electrons. The van der Waals surface area contributed by atoms with Crippen LogP contribution in [0.15, 0.2) is 36.2 Å². The maximum absolute atomic E-state index is 6.13. The number of methoxy groups -OCH3 is 1. The molecular weight excluding hydrogens is 837 g/mol. The number of hydrogen-bond acceptors (Lipinski definition) is 4. The Morgan fingerprint density at radius 3 is 2.55 bits per heavy atom. The number of nitrogens with zero attached hydrogens (tertiary/aromatic N) is 1. The van der Waals surface area contributed by atoms with Gasteiger partial charge in [0, 0.05) is 0 Å². The van der Waals surface area contributed by atoms with E-state index in [0.29, 0.717) is 32.6 Å². The molecule has 4 rings (SSSR count). The van der Waals surface area contributed by atoms with Gasteiger partial charge in [-0.3, -0.25) is 0 Å². The van der Waals surface area contributed by atoms with Gasteiger partial charge in [0.25, 0.3) is 0 Å². The first-order valence-electron chi connectivity index (χ1n) is 9.56. The van der Waals surface area contributed by atoms with Crippen LogP contribution in [0.3, 0.4) is 0 Å². The van der Waals surface area contributed by atoms with Crippen LogP contribution in [0, 0.1) is 3.57 Å². The number of allylic oxidation sites excluding steroid dienone is 3. The van der Waals surface area contributed by atoms with E-state index >= 15 is 0 Å². The van der Waals surface area contributed by atoms with Crippen molar-refractivity contribution in [1.29, 1.82) is 0 Å². The summed E-state index contributed by atoms with van der Waals surface area (Å²) in [6, 6.07) is 5.27. The number of hydrogen-bond donors (Lipinski definition) is 2. The predicted molar refractivity (Wildman–Crippen MR) is 145 cm³/mol. The molecule has 0 bridgehead atoms. The number of anilines is 1. The summed E-state index contributed by atoms with van der Waals surface area (Å²) in [5.74, 6) is 1.64. The van der Waals surface area contributed by atoms with Gasteiger partial charge in [-0.05, 0) is 0 Å². The SMILES string of the molecule is COC1=C(I)C/C(=N/Nc2c(I)cc(C3CCC(N)CC3)cc2C2P[I-]2)C=C1I. The number of benzene rings is 1. The Labute approximate surface area is 224 Å². The zero-order chi connectivity index (χ0) is 20.5. The zero-order valence-corrected chi connectivity index (χ0v) is 25.6. The van der Waals surface area contributed by atoms with Crippen LogP contribution in [0.25, 0.3) is 0 Å². The molecule has 2 fully saturated rings. The fourth-order valence-electron chi connectivity index (χ4n) is 3.84. The molecule has 3 N–H and O–H groups in total. The third-order valence-electron chi connectivity index (χ3n) is 5.49. The topological polar surface area (TPSA) is 59.6 Å². The van der Waals surface area contributed by atoms with Gasteiger partial charge >= 0.3 is 228 Å². The molecule has 9 heteroatoms. The van der Waals surface area contributed by atoms with E-state index in [4.69, 9.17) is 15.6 Å². The minimum atomic E-state index is 0.355. The van der Waals surface area contributed by atoms with Crippen LogP contribution in [0.4, 0.5) is 5.69 Å². The van der Waals surface area contributed by atoms with Gasteiger partial charge in [0.15, 0.2) is 0 Å². The van der Waals surface area contributed by atoms with E-state index in [2.05, 4.69) is 91.4 Å². The van der Waals surface area contributed by atoms with Crippen molar-refractivity contribution in [1.82, 2.24) is 0 Å². The second kappa shape index (κ2) is 10.5. The molecule has 29 heavy (non-hydrogen) atoms. The monoisotopic (exact) mass is 860 g/mol. The minimum absolute atomic E-state index is 0.355. The molecule has 4 nitrogen and oxygen atoms in total. The van der Waals surface area contributed by atoms with Gasteiger partial charge in [-0.15, -0.1) is 0 Å². The number of nitrogens with one attached hydrogen (secondary N) is 1. The normalized spacial score (nSPS) is 29.5. The molecular formula is C20H23I4N3OP-. The van der Waals surface area contributed by atoms with Gasteiger partial charge in [-0.25, -0.2) is 0 Å². The second-order valence-electron chi connectivity index (χ2n) is 7.48. The Kier molecular flexibility index (Phi) is 8.47. The molecule has 0 amide bonds. The summed E-state index contributed by atoms with van der Waals surface area (Å²) in [6.07, 6.45) is 8.85. The Bertz CT molecular complexity index is 890. The van der Waals surface area contributed by atoms with Crippen molar-refractivity contribution in [2.45, 2.75) is 47.7 Å². The third-order valence-corrected chi connectivity index (χ3v) is 13.2. The first kappa shape index (κ1) is 23.4. The van der Waals surface area contributed by atoms with Crippen molar-refractivity contribution >= 4 is 85.4 Å². The molecule has 1 heterocycles. The molecule has 0 radical (unpaired) electrons. The van der Waals surface area contributed by atoms with Gasteiger partial charge in [-0.1, -0.05) is 0 Å². The summed E-state index contributed by atoms with van der Waals surface area (Å²) in [4.78, 5) is 0. The van der Waals surface area contributed by atoms with E-state index in [0.717, 1.165) is 44.2 Å². The van der Waals surface area contributed by atoms with Crippen molar-refractivity contribution in [3.63, 3.8) is 0 Å². The number of hydrazone groups is 1. The van der Waals surface area contributed by atoms with Crippen LogP contribution in [0.2, 0.25) is 0 Å². The molecule has 2 atom stereocenters. The van der Waals surface area contributed by atoms with E-state index in [9.17, 15) is 0 Å². The van der Waals surface area contributed by atoms with Crippen molar-refractivity contribution < 1.29 is 25.4 Å². The maximum atomic E-state index is 6.13. The molecule has 2 unspecified atom stereocenters. The number of nitrogens with two attached hydrogens (primary N) is 1. The molecule has 3 aliphatic rings. The van der Waals surface area contributed by atoms with Gasteiger partial charge in [0.05, 0.1) is 0 Å². The average molecular weight is 860 g/mol. The third kappa shape index (κ3) is 5.80. The summed E-state index contributed by atoms with van der Waals surface area (Å²) in [5.41, 5.74) is 14.9. The van der Waals surface area contributed by atoms with E-state index in [-0.39, 0.29) is 0 Å². The summed E-state index contributed by atoms with van der Waals surface area (Å²) in [5, 5.41) is 4.79. The molecule has 1 aromatic carbocycles. The fourth-order valence-corrected chi connectivity index (χ4v) is 10.5. The Morgan fingerprint density at radius 1 is 1.21 bits per heavy atom. The number of rotatable bonds is 5. The van der Waals surface area contributed by atoms with Gasteiger partial charge in [0.1, 0.15) is 0 Å². The Morgan fingerprint density at radius 2 is 1.93 bits per heavy atom. The van der Waals surface area contributed by atoms with Crippen LogP contribution in [-0.4, -0.2) is 18.9 Å². The molecule has 2 aliphatic carbocycles. The standard InChI is InChI=1S/C20H23I4N3OP/c1-28-19-16(22)8-13(9-17(19)23)26-27-18-14(20-24-29-20)6-11(7-15(18)21)10-2-4-12(25)5-3-10/h6-8,10,12,20,27,29H,2-5,9,25H2,1H3/q-1/b26-13+. The summed E-state index contributed by atoms with van der Waals surface area (Å²) in [6.45, 7) is 0. The Balaban J connectivity index is 1.57. The predicted octanol–water partition coefficient (Wildman–Crippen LogP) is 3.75. The van der Waals surface area contributed by atoms with Gasteiger partial charge < -0.3 is 0 Å². The first-order chi connectivity index (χ1) is 14.0. The van der Waals surface area contributed by atoms with Gasteiger partial charge in [-0.2, -0.15) is 0 Å². The molecule has 1 saturated carbocycles. The number of halogens is 4. The summed E-state index contributed by atoms with van der Waals surface area (Å²) < 4.78 is 9.92. The quantitative estimate of drug-likeness (QED) is 0.206. The van der Waals surface area contributed by atoms with Crippen molar-refractivity contribution in [2.24, 2.45) is 10.8 Å². The zero-order valence-electron chi connectivity index (χ0n) is 15.9. The Hall–Kier alpha value is 1.28. The molecule has 1 saturated heterocycles.